The average Bonchev–Trinajstić information content (AvgIpc) is 3.00. The first-order valence-corrected chi connectivity index (χ1v) is 9.42. The Bertz CT molecular complexity index is 1060. The van der Waals surface area contributed by atoms with Crippen LogP contribution in [0.25, 0.3) is 5.57 Å². The molecular weight excluding hydrogens is 364 g/mol. The lowest BCUT2D eigenvalue weighted by atomic mass is 10.0. The molecule has 0 bridgehead atoms. The lowest BCUT2D eigenvalue weighted by Crippen LogP contribution is -2.32. The molecule has 29 heavy (non-hydrogen) atoms. The maximum absolute atomic E-state index is 13.2. The summed E-state index contributed by atoms with van der Waals surface area (Å²) in [5.74, 6) is 0.0184. The van der Waals surface area contributed by atoms with E-state index in [0.717, 1.165) is 5.75 Å². The van der Waals surface area contributed by atoms with E-state index < -0.39 is 0 Å². The molecule has 144 valence electrons. The highest BCUT2D eigenvalue weighted by Gasteiger charge is 2.40. The lowest BCUT2D eigenvalue weighted by molar-refractivity contribution is -0.120. The third-order valence-electron chi connectivity index (χ3n) is 4.60. The van der Waals surface area contributed by atoms with Crippen molar-refractivity contribution in [3.63, 3.8) is 0 Å². The van der Waals surface area contributed by atoms with Gasteiger partial charge in [0.1, 0.15) is 11.4 Å². The first-order chi connectivity index (χ1) is 14.2. The zero-order chi connectivity index (χ0) is 20.2. The second-order valence-electron chi connectivity index (χ2n) is 6.48. The molecule has 5 nitrogen and oxygen atoms in total. The fourth-order valence-corrected chi connectivity index (χ4v) is 3.28. The van der Waals surface area contributed by atoms with E-state index in [0.29, 0.717) is 29.1 Å². The van der Waals surface area contributed by atoms with Gasteiger partial charge < -0.3 is 10.1 Å². The van der Waals surface area contributed by atoms with E-state index in [4.69, 9.17) is 4.74 Å². The molecule has 2 amide bonds. The van der Waals surface area contributed by atoms with Crippen LogP contribution in [0.1, 0.15) is 12.5 Å². The molecular formula is C24H20N2O3. The standard InChI is InChI=1S/C24H20N2O3/c1-2-29-20-15-13-18(14-16-20)25-22-21(17-9-5-3-6-10-17)23(27)26(24(22)28)19-11-7-4-8-12-19/h3-16,25H,2H2,1H3. The molecule has 0 radical (unpaired) electrons. The van der Waals surface area contributed by atoms with Gasteiger partial charge in [-0.1, -0.05) is 48.5 Å². The van der Waals surface area contributed by atoms with Crippen molar-refractivity contribution < 1.29 is 14.3 Å². The highest BCUT2D eigenvalue weighted by molar-refractivity contribution is 6.46. The third kappa shape index (κ3) is 3.62. The van der Waals surface area contributed by atoms with Gasteiger partial charge in [-0.05, 0) is 48.9 Å². The molecule has 5 heteroatoms. The van der Waals surface area contributed by atoms with Gasteiger partial charge in [0.15, 0.2) is 0 Å². The van der Waals surface area contributed by atoms with Crippen LogP contribution in [0.5, 0.6) is 5.75 Å². The summed E-state index contributed by atoms with van der Waals surface area (Å²) >= 11 is 0. The number of imide groups is 1. The van der Waals surface area contributed by atoms with Crippen molar-refractivity contribution in [1.82, 2.24) is 0 Å². The number of amides is 2. The Hall–Kier alpha value is -3.86. The highest BCUT2D eigenvalue weighted by Crippen LogP contribution is 2.33. The van der Waals surface area contributed by atoms with Crippen LogP contribution in [-0.2, 0) is 9.59 Å². The van der Waals surface area contributed by atoms with Crippen LogP contribution in [0.15, 0.2) is 90.6 Å². The van der Waals surface area contributed by atoms with Crippen molar-refractivity contribution in [3.8, 4) is 5.75 Å². The summed E-state index contributed by atoms with van der Waals surface area (Å²) in [7, 11) is 0. The molecule has 0 fully saturated rings. The molecule has 0 aromatic heterocycles. The average molecular weight is 384 g/mol. The minimum absolute atomic E-state index is 0.259. The molecule has 3 aromatic rings. The Morgan fingerprint density at radius 3 is 2.03 bits per heavy atom. The van der Waals surface area contributed by atoms with Crippen molar-refractivity contribution in [2.24, 2.45) is 0 Å². The fourth-order valence-electron chi connectivity index (χ4n) is 3.28. The van der Waals surface area contributed by atoms with Gasteiger partial charge in [0.05, 0.1) is 17.9 Å². The van der Waals surface area contributed by atoms with Crippen molar-refractivity contribution >= 4 is 28.8 Å². The summed E-state index contributed by atoms with van der Waals surface area (Å²) in [6.07, 6.45) is 0. The number of carbonyl (C=O) groups excluding carboxylic acids is 2. The number of anilines is 2. The van der Waals surface area contributed by atoms with E-state index in [1.807, 2.05) is 67.6 Å². The summed E-state index contributed by atoms with van der Waals surface area (Å²) in [5, 5.41) is 3.15. The molecule has 0 spiro atoms. The first-order valence-electron chi connectivity index (χ1n) is 9.42. The Morgan fingerprint density at radius 1 is 0.793 bits per heavy atom. The minimum Gasteiger partial charge on any atom is -0.494 e. The van der Waals surface area contributed by atoms with Gasteiger partial charge in [0.2, 0.25) is 0 Å². The second kappa shape index (κ2) is 8.02. The maximum atomic E-state index is 13.2. The van der Waals surface area contributed by atoms with E-state index in [2.05, 4.69) is 5.32 Å². The van der Waals surface area contributed by atoms with Crippen molar-refractivity contribution in [3.05, 3.63) is 96.2 Å². The fraction of sp³-hybridized carbons (Fsp3) is 0.0833. The zero-order valence-electron chi connectivity index (χ0n) is 16.0. The summed E-state index contributed by atoms with van der Waals surface area (Å²) in [6.45, 7) is 2.50. The predicted octanol–water partition coefficient (Wildman–Crippen LogP) is 4.48. The molecule has 3 aromatic carbocycles. The van der Waals surface area contributed by atoms with E-state index in [1.54, 1.807) is 24.3 Å². The Labute approximate surface area is 169 Å². The molecule has 1 N–H and O–H groups in total. The van der Waals surface area contributed by atoms with E-state index >= 15 is 0 Å². The van der Waals surface area contributed by atoms with E-state index in [-0.39, 0.29) is 17.5 Å². The molecule has 0 unspecified atom stereocenters. The van der Waals surface area contributed by atoms with Crippen molar-refractivity contribution in [2.75, 3.05) is 16.8 Å². The van der Waals surface area contributed by atoms with Crippen LogP contribution in [0.4, 0.5) is 11.4 Å². The van der Waals surface area contributed by atoms with Crippen LogP contribution >= 0.6 is 0 Å². The van der Waals surface area contributed by atoms with E-state index in [1.165, 1.54) is 4.90 Å². The van der Waals surface area contributed by atoms with Crippen molar-refractivity contribution in [1.29, 1.82) is 0 Å². The second-order valence-corrected chi connectivity index (χ2v) is 6.48. The highest BCUT2D eigenvalue weighted by atomic mass is 16.5. The summed E-state index contributed by atoms with van der Waals surface area (Å²) in [4.78, 5) is 27.7. The molecule has 0 saturated carbocycles. The van der Waals surface area contributed by atoms with Gasteiger partial charge in [-0.25, -0.2) is 4.90 Å². The Kier molecular flexibility index (Phi) is 5.12. The number of benzene rings is 3. The number of nitrogens with zero attached hydrogens (tertiary/aromatic N) is 1. The van der Waals surface area contributed by atoms with Crippen LogP contribution in [0.2, 0.25) is 0 Å². The minimum atomic E-state index is -0.381. The van der Waals surface area contributed by atoms with Gasteiger partial charge in [0.25, 0.3) is 11.8 Å². The van der Waals surface area contributed by atoms with Gasteiger partial charge >= 0.3 is 0 Å². The van der Waals surface area contributed by atoms with Crippen molar-refractivity contribution in [2.45, 2.75) is 6.92 Å². The summed E-state index contributed by atoms with van der Waals surface area (Å²) < 4.78 is 5.47. The number of nitrogens with one attached hydrogen (secondary N) is 1. The smallest absolute Gasteiger partial charge is 0.282 e. The Morgan fingerprint density at radius 2 is 1.41 bits per heavy atom. The van der Waals surface area contributed by atoms with Gasteiger partial charge in [-0.2, -0.15) is 0 Å². The number of ether oxygens (including phenoxy) is 1. The quantitative estimate of drug-likeness (QED) is 0.637. The van der Waals surface area contributed by atoms with Gasteiger partial charge in [-0.3, -0.25) is 9.59 Å². The number of rotatable bonds is 6. The Balaban J connectivity index is 1.74. The monoisotopic (exact) mass is 384 g/mol. The number of para-hydroxylation sites is 1. The van der Waals surface area contributed by atoms with Crippen LogP contribution in [-0.4, -0.2) is 18.4 Å². The zero-order valence-corrected chi connectivity index (χ0v) is 16.0. The third-order valence-corrected chi connectivity index (χ3v) is 4.60. The molecule has 0 saturated heterocycles. The summed E-state index contributed by atoms with van der Waals surface area (Å²) in [6, 6.07) is 25.5. The number of carbonyl (C=O) groups is 2. The molecule has 0 atom stereocenters. The molecule has 4 rings (SSSR count). The molecule has 1 heterocycles. The molecule has 1 aliphatic rings. The summed E-state index contributed by atoms with van der Waals surface area (Å²) in [5.41, 5.74) is 2.55. The van der Waals surface area contributed by atoms with Crippen LogP contribution in [0, 0.1) is 0 Å². The molecule has 1 aliphatic heterocycles. The first kappa shape index (κ1) is 18.5. The van der Waals surface area contributed by atoms with Crippen LogP contribution < -0.4 is 15.0 Å². The number of hydrogen-bond donors (Lipinski definition) is 1. The normalized spacial score (nSPS) is 13.8. The largest absolute Gasteiger partial charge is 0.494 e. The molecule has 0 aliphatic carbocycles. The van der Waals surface area contributed by atoms with Gasteiger partial charge in [0, 0.05) is 5.69 Å². The predicted molar refractivity (Wildman–Crippen MR) is 114 cm³/mol. The lowest BCUT2D eigenvalue weighted by Gasteiger charge is -2.15. The number of hydrogen-bond acceptors (Lipinski definition) is 4. The van der Waals surface area contributed by atoms with E-state index in [9.17, 15) is 9.59 Å². The van der Waals surface area contributed by atoms with Gasteiger partial charge in [-0.15, -0.1) is 0 Å². The SMILES string of the molecule is CCOc1ccc(NC2=C(c3ccccc3)C(=O)N(c3ccccc3)C2=O)cc1. The topological polar surface area (TPSA) is 58.6 Å². The van der Waals surface area contributed by atoms with Crippen LogP contribution in [0.3, 0.4) is 0 Å². The maximum Gasteiger partial charge on any atom is 0.282 e.